The Bertz CT molecular complexity index is 1840. The van der Waals surface area contributed by atoms with Gasteiger partial charge in [0.2, 0.25) is 27.7 Å². The van der Waals surface area contributed by atoms with Gasteiger partial charge in [-0.15, -0.1) is 6.58 Å². The second-order valence-electron chi connectivity index (χ2n) is 15.9. The predicted octanol–water partition coefficient (Wildman–Crippen LogP) is 5.59. The maximum absolute atomic E-state index is 14.8. The van der Waals surface area contributed by atoms with Crippen molar-refractivity contribution in [3.05, 3.63) is 48.7 Å². The highest BCUT2D eigenvalue weighted by Gasteiger charge is 2.61. The van der Waals surface area contributed by atoms with Crippen LogP contribution in [0.4, 0.5) is 0 Å². The van der Waals surface area contributed by atoms with Crippen molar-refractivity contribution in [3.8, 4) is 5.88 Å². The summed E-state index contributed by atoms with van der Waals surface area (Å²) in [4.78, 5) is 62.5. The highest BCUT2D eigenvalue weighted by molar-refractivity contribution is 7.90. The number of sulfonamides is 1. The van der Waals surface area contributed by atoms with Crippen LogP contribution >= 0.6 is 0 Å². The first-order chi connectivity index (χ1) is 25.0. The van der Waals surface area contributed by atoms with Gasteiger partial charge in [-0.25, -0.2) is 13.4 Å². The Morgan fingerprint density at radius 2 is 1.81 bits per heavy atom. The van der Waals surface area contributed by atoms with E-state index in [2.05, 4.69) is 28.4 Å². The number of ketones is 1. The van der Waals surface area contributed by atoms with E-state index in [1.54, 1.807) is 17.2 Å². The van der Waals surface area contributed by atoms with E-state index in [4.69, 9.17) is 9.47 Å². The van der Waals surface area contributed by atoms with Crippen molar-refractivity contribution in [2.75, 3.05) is 6.54 Å². The fourth-order valence-electron chi connectivity index (χ4n) is 8.81. The molecule has 3 heterocycles. The zero-order valence-corrected chi connectivity index (χ0v) is 30.9. The number of amides is 2. The van der Waals surface area contributed by atoms with E-state index in [1.165, 1.54) is 0 Å². The molecule has 0 spiro atoms. The van der Waals surface area contributed by atoms with Gasteiger partial charge in [-0.05, 0) is 99.6 Å². The number of Topliss-reactive ketones (excluding diaryl/α,β-unsaturated/α-hetero) is 1. The molecule has 0 radical (unpaired) electrons. The second kappa shape index (κ2) is 14.9. The molecule has 7 rings (SSSR count). The number of esters is 1. The first kappa shape index (κ1) is 36.6. The molecule has 4 bridgehead atoms. The summed E-state index contributed by atoms with van der Waals surface area (Å²) >= 11 is 0. The Morgan fingerprint density at radius 3 is 2.54 bits per heavy atom. The number of rotatable bonds is 8. The monoisotopic (exact) mass is 733 g/mol. The summed E-state index contributed by atoms with van der Waals surface area (Å²) in [6, 6.07) is 7.23. The van der Waals surface area contributed by atoms with Crippen molar-refractivity contribution in [2.24, 2.45) is 23.2 Å². The van der Waals surface area contributed by atoms with Gasteiger partial charge < -0.3 is 14.4 Å². The number of hydrogen-bond acceptors (Lipinski definition) is 9. The molecular formula is C40H51N3O8S. The quantitative estimate of drug-likeness (QED) is 0.271. The largest absolute Gasteiger partial charge is 0.472 e. The molecule has 2 amide bonds. The minimum atomic E-state index is -3.83. The summed E-state index contributed by atoms with van der Waals surface area (Å²) in [6.45, 7) is 5.86. The number of fused-ring (bicyclic) bond motifs is 3. The highest BCUT2D eigenvalue weighted by Crippen LogP contribution is 2.57. The lowest BCUT2D eigenvalue weighted by Crippen LogP contribution is -2.48. The van der Waals surface area contributed by atoms with Crippen molar-refractivity contribution in [1.29, 1.82) is 0 Å². The SMILES string of the molecule is C=C[C@@H]1C[C@]1(CC(=O)[C@@H]1C[C@@H]2CN1C(=O)[C@H](C1CCCCC1)CC(=O)O[C@@H](C)CCCCc1ccc3ccnc(c3c1)O2)C(=O)NS(=O)(=O)C1CC1. The van der Waals surface area contributed by atoms with E-state index in [1.807, 2.05) is 19.1 Å². The number of carbonyl (C=O) groups excluding carboxylic acids is 4. The van der Waals surface area contributed by atoms with Gasteiger partial charge in [-0.1, -0.05) is 37.5 Å². The van der Waals surface area contributed by atoms with E-state index < -0.39 is 50.6 Å². The molecule has 1 saturated heterocycles. The highest BCUT2D eigenvalue weighted by atomic mass is 32.2. The molecular weight excluding hydrogens is 683 g/mol. The Labute approximate surface area is 306 Å². The zero-order valence-electron chi connectivity index (χ0n) is 30.1. The van der Waals surface area contributed by atoms with Gasteiger partial charge in [0, 0.05) is 24.4 Å². The molecule has 5 aliphatic rings. The average molecular weight is 734 g/mol. The van der Waals surface area contributed by atoms with Crippen LogP contribution in [-0.2, 0) is 40.4 Å². The van der Waals surface area contributed by atoms with Gasteiger partial charge in [-0.2, -0.15) is 0 Å². The fraction of sp³-hybridized carbons (Fsp3) is 0.625. The van der Waals surface area contributed by atoms with E-state index in [-0.39, 0.29) is 55.4 Å². The molecule has 280 valence electrons. The van der Waals surface area contributed by atoms with Crippen LogP contribution in [0.15, 0.2) is 43.1 Å². The van der Waals surface area contributed by atoms with Crippen molar-refractivity contribution >= 4 is 44.4 Å². The number of aromatic nitrogens is 1. The first-order valence-corrected chi connectivity index (χ1v) is 20.8. The summed E-state index contributed by atoms with van der Waals surface area (Å²) in [7, 11) is -3.83. The standard InChI is InChI=1S/C40H51N3O8S/c1-3-29-22-40(29,39(47)42-52(48,49)31-15-16-31)23-35(44)34-20-30-24-43(34)38(46)33(27-11-5-4-6-12-27)21-36(45)50-25(2)9-7-8-10-26-13-14-28-17-18-41-37(51-30)32(28)19-26/h3,13-14,17-19,25,27,29-31,33-34H,1,4-12,15-16,20-24H2,2H3,(H,42,47)/t25-,29+,30+,33-,34-,40+/m0/s1. The van der Waals surface area contributed by atoms with Crippen LogP contribution < -0.4 is 9.46 Å². The van der Waals surface area contributed by atoms with Crippen LogP contribution in [0, 0.1) is 23.2 Å². The smallest absolute Gasteiger partial charge is 0.306 e. The molecule has 3 aliphatic carbocycles. The maximum atomic E-state index is 14.8. The number of cyclic esters (lactones) is 1. The Kier molecular flexibility index (Phi) is 10.5. The van der Waals surface area contributed by atoms with E-state index in [9.17, 15) is 27.6 Å². The minimum Gasteiger partial charge on any atom is -0.472 e. The van der Waals surface area contributed by atoms with E-state index >= 15 is 0 Å². The lowest BCUT2D eigenvalue weighted by Gasteiger charge is -2.34. The second-order valence-corrected chi connectivity index (χ2v) is 17.9. The number of pyridine rings is 1. The number of allylic oxidation sites excluding steroid dienone is 1. The van der Waals surface area contributed by atoms with Gasteiger partial charge in [0.1, 0.15) is 6.10 Å². The van der Waals surface area contributed by atoms with Gasteiger partial charge >= 0.3 is 5.97 Å². The van der Waals surface area contributed by atoms with Gasteiger partial charge in [-0.3, -0.25) is 23.9 Å². The van der Waals surface area contributed by atoms with Crippen molar-refractivity contribution in [3.63, 3.8) is 0 Å². The minimum absolute atomic E-state index is 0.0260. The summed E-state index contributed by atoms with van der Waals surface area (Å²) in [5.41, 5.74) is -0.118. The number of nitrogens with zero attached hydrogens (tertiary/aromatic N) is 2. The maximum Gasteiger partial charge on any atom is 0.306 e. The van der Waals surface area contributed by atoms with Crippen molar-refractivity contribution in [1.82, 2.24) is 14.6 Å². The van der Waals surface area contributed by atoms with Crippen LogP contribution in [-0.4, -0.2) is 71.9 Å². The van der Waals surface area contributed by atoms with Gasteiger partial charge in [0.05, 0.1) is 41.7 Å². The third-order valence-corrected chi connectivity index (χ3v) is 13.9. The number of aryl methyl sites for hydroxylation is 1. The van der Waals surface area contributed by atoms with Crippen molar-refractivity contribution < 1.29 is 37.1 Å². The van der Waals surface area contributed by atoms with Gasteiger partial charge in [0.15, 0.2) is 5.78 Å². The summed E-state index contributed by atoms with van der Waals surface area (Å²) in [6.07, 6.45) is 11.6. The molecule has 1 aromatic heterocycles. The number of ether oxygens (including phenoxy) is 2. The van der Waals surface area contributed by atoms with Crippen LogP contribution in [0.5, 0.6) is 5.88 Å². The van der Waals surface area contributed by atoms with E-state index in [0.29, 0.717) is 31.6 Å². The summed E-state index contributed by atoms with van der Waals surface area (Å²) in [5, 5.41) is 1.24. The topological polar surface area (TPSA) is 149 Å². The average Bonchev–Trinajstić information content (AvgIpc) is 4.06. The van der Waals surface area contributed by atoms with E-state index in [0.717, 1.165) is 67.7 Å². The normalized spacial score (nSPS) is 30.6. The van der Waals surface area contributed by atoms with Crippen LogP contribution in [0.2, 0.25) is 0 Å². The lowest BCUT2D eigenvalue weighted by molar-refractivity contribution is -0.155. The lowest BCUT2D eigenvalue weighted by atomic mass is 9.77. The molecule has 12 heteroatoms. The summed E-state index contributed by atoms with van der Waals surface area (Å²) in [5.74, 6) is -2.33. The van der Waals surface area contributed by atoms with Crippen LogP contribution in [0.25, 0.3) is 10.8 Å². The Morgan fingerprint density at radius 1 is 1.04 bits per heavy atom. The van der Waals surface area contributed by atoms with Crippen molar-refractivity contribution in [2.45, 2.75) is 127 Å². The van der Waals surface area contributed by atoms with Crippen LogP contribution in [0.1, 0.15) is 102 Å². The molecule has 6 atom stereocenters. The number of nitrogens with one attached hydrogen (secondary N) is 1. The molecule has 2 aliphatic heterocycles. The Hall–Kier alpha value is -3.80. The number of carbonyl (C=O) groups is 4. The molecule has 0 unspecified atom stereocenters. The van der Waals surface area contributed by atoms with Crippen LogP contribution in [0.3, 0.4) is 0 Å². The third kappa shape index (κ3) is 7.77. The third-order valence-electron chi connectivity index (χ3n) is 12.1. The molecule has 3 saturated carbocycles. The number of benzene rings is 1. The fourth-order valence-corrected chi connectivity index (χ4v) is 10.2. The molecule has 1 aromatic carbocycles. The molecule has 11 nitrogen and oxygen atoms in total. The molecule has 2 aromatic rings. The molecule has 52 heavy (non-hydrogen) atoms. The first-order valence-electron chi connectivity index (χ1n) is 19.2. The zero-order chi connectivity index (χ0) is 36.6. The number of hydrogen-bond donors (Lipinski definition) is 1. The molecule has 1 N–H and O–H groups in total. The Balaban J connectivity index is 1.21. The predicted molar refractivity (Wildman–Crippen MR) is 195 cm³/mol. The summed E-state index contributed by atoms with van der Waals surface area (Å²) < 4.78 is 40.2. The van der Waals surface area contributed by atoms with Gasteiger partial charge in [0.25, 0.3) is 0 Å². The molecule has 4 fully saturated rings.